The van der Waals surface area contributed by atoms with Crippen LogP contribution in [0.4, 0.5) is 4.39 Å². The first kappa shape index (κ1) is 13.1. The van der Waals surface area contributed by atoms with Crippen molar-refractivity contribution >= 4 is 5.97 Å². The molecule has 2 rings (SSSR count). The first-order valence-corrected chi connectivity index (χ1v) is 6.44. The average molecular weight is 250 g/mol. The van der Waals surface area contributed by atoms with Gasteiger partial charge in [-0.1, -0.05) is 20.8 Å². The Kier molecular flexibility index (Phi) is 3.42. The van der Waals surface area contributed by atoms with Gasteiger partial charge in [0.2, 0.25) is 0 Å². The number of hydrogen-bond donors (Lipinski definition) is 1. The minimum absolute atomic E-state index is 0.00759. The van der Waals surface area contributed by atoms with E-state index >= 15 is 0 Å². The second-order valence-electron chi connectivity index (χ2n) is 5.61. The van der Waals surface area contributed by atoms with E-state index in [4.69, 9.17) is 5.11 Å². The molecule has 1 fully saturated rings. The summed E-state index contributed by atoms with van der Waals surface area (Å²) in [6, 6.07) is 3.01. The van der Waals surface area contributed by atoms with Crippen molar-refractivity contribution in [2.45, 2.75) is 45.4 Å². The van der Waals surface area contributed by atoms with Crippen LogP contribution in [0, 0.1) is 11.7 Å². The molecule has 1 aliphatic carbocycles. The third-order valence-electron chi connectivity index (χ3n) is 3.74. The molecule has 1 unspecified atom stereocenters. The van der Waals surface area contributed by atoms with Gasteiger partial charge in [-0.2, -0.15) is 0 Å². The van der Waals surface area contributed by atoms with Gasteiger partial charge in [-0.3, -0.25) is 4.79 Å². The summed E-state index contributed by atoms with van der Waals surface area (Å²) in [6.45, 7) is 6.07. The number of benzene rings is 1. The molecule has 3 heteroatoms. The average Bonchev–Trinajstić information content (AvgIpc) is 2.96. The highest BCUT2D eigenvalue weighted by Gasteiger charge is 2.36. The van der Waals surface area contributed by atoms with Gasteiger partial charge in [0.15, 0.2) is 0 Å². The van der Waals surface area contributed by atoms with Crippen molar-refractivity contribution in [3.05, 3.63) is 34.6 Å². The quantitative estimate of drug-likeness (QED) is 0.884. The molecule has 1 N–H and O–H groups in total. The van der Waals surface area contributed by atoms with Crippen molar-refractivity contribution in [1.29, 1.82) is 0 Å². The molecule has 1 saturated carbocycles. The van der Waals surface area contributed by atoms with E-state index in [-0.39, 0.29) is 18.2 Å². The lowest BCUT2D eigenvalue weighted by atomic mass is 9.89. The summed E-state index contributed by atoms with van der Waals surface area (Å²) in [7, 11) is 0. The summed E-state index contributed by atoms with van der Waals surface area (Å²) in [6.07, 6.45) is 1.03. The largest absolute Gasteiger partial charge is 0.481 e. The van der Waals surface area contributed by atoms with E-state index in [0.29, 0.717) is 11.8 Å². The summed E-state index contributed by atoms with van der Waals surface area (Å²) in [4.78, 5) is 11.0. The smallest absolute Gasteiger partial charge is 0.307 e. The third-order valence-corrected chi connectivity index (χ3v) is 3.74. The summed E-state index contributed by atoms with van der Waals surface area (Å²) < 4.78 is 13.7. The number of carbonyl (C=O) groups is 1. The fourth-order valence-corrected chi connectivity index (χ4v) is 2.64. The van der Waals surface area contributed by atoms with Gasteiger partial charge >= 0.3 is 5.97 Å². The molecule has 0 radical (unpaired) electrons. The van der Waals surface area contributed by atoms with Gasteiger partial charge in [0.05, 0.1) is 6.42 Å². The molecule has 2 atom stereocenters. The van der Waals surface area contributed by atoms with Gasteiger partial charge in [0, 0.05) is 0 Å². The van der Waals surface area contributed by atoms with Crippen LogP contribution >= 0.6 is 0 Å². The molecule has 0 heterocycles. The Balaban J connectivity index is 2.51. The van der Waals surface area contributed by atoms with E-state index in [1.54, 1.807) is 0 Å². The van der Waals surface area contributed by atoms with E-state index in [1.165, 1.54) is 12.1 Å². The molecule has 2 nitrogen and oxygen atoms in total. The fraction of sp³-hybridized carbons (Fsp3) is 0.533. The molecule has 0 spiro atoms. The first-order valence-electron chi connectivity index (χ1n) is 6.44. The molecule has 0 aliphatic heterocycles. The van der Waals surface area contributed by atoms with Crippen molar-refractivity contribution in [3.63, 3.8) is 0 Å². The van der Waals surface area contributed by atoms with Crippen LogP contribution in [0.5, 0.6) is 0 Å². The van der Waals surface area contributed by atoms with Gasteiger partial charge in [-0.05, 0) is 53.0 Å². The fourth-order valence-electron chi connectivity index (χ4n) is 2.64. The maximum Gasteiger partial charge on any atom is 0.307 e. The van der Waals surface area contributed by atoms with Crippen molar-refractivity contribution < 1.29 is 14.3 Å². The molecule has 1 aromatic rings. The lowest BCUT2D eigenvalue weighted by Gasteiger charge is -2.16. The number of carboxylic acids is 1. The van der Waals surface area contributed by atoms with Crippen LogP contribution in [-0.4, -0.2) is 11.1 Å². The van der Waals surface area contributed by atoms with Crippen LogP contribution in [0.3, 0.4) is 0 Å². The Morgan fingerprint density at radius 1 is 1.50 bits per heavy atom. The van der Waals surface area contributed by atoms with Crippen LogP contribution in [0.15, 0.2) is 12.1 Å². The zero-order chi connectivity index (χ0) is 13.4. The van der Waals surface area contributed by atoms with E-state index in [1.807, 2.05) is 13.8 Å². The molecule has 0 amide bonds. The van der Waals surface area contributed by atoms with E-state index in [0.717, 1.165) is 23.1 Å². The predicted molar refractivity (Wildman–Crippen MR) is 68.4 cm³/mol. The molecular weight excluding hydrogens is 231 g/mol. The maximum atomic E-state index is 13.7. The molecule has 0 saturated heterocycles. The van der Waals surface area contributed by atoms with Crippen molar-refractivity contribution in [3.8, 4) is 0 Å². The third kappa shape index (κ3) is 2.55. The van der Waals surface area contributed by atoms with E-state index < -0.39 is 5.97 Å². The van der Waals surface area contributed by atoms with Gasteiger partial charge in [0.1, 0.15) is 5.82 Å². The summed E-state index contributed by atoms with van der Waals surface area (Å²) >= 11 is 0. The zero-order valence-corrected chi connectivity index (χ0v) is 11.0. The van der Waals surface area contributed by atoms with Gasteiger partial charge < -0.3 is 5.11 Å². The Morgan fingerprint density at radius 3 is 2.56 bits per heavy atom. The Hall–Kier alpha value is -1.38. The van der Waals surface area contributed by atoms with Gasteiger partial charge in [-0.25, -0.2) is 4.39 Å². The topological polar surface area (TPSA) is 37.3 Å². The highest BCUT2D eigenvalue weighted by atomic mass is 19.1. The molecular formula is C15H19FO2. The highest BCUT2D eigenvalue weighted by Crippen LogP contribution is 2.49. The maximum absolute atomic E-state index is 13.7. The van der Waals surface area contributed by atoms with Crippen molar-refractivity contribution in [2.75, 3.05) is 0 Å². The molecule has 0 aromatic heterocycles. The van der Waals surface area contributed by atoms with E-state index in [2.05, 4.69) is 6.92 Å². The summed E-state index contributed by atoms with van der Waals surface area (Å²) in [5.74, 6) is -0.0743. The lowest BCUT2D eigenvalue weighted by molar-refractivity contribution is -0.136. The Labute approximate surface area is 107 Å². The van der Waals surface area contributed by atoms with Crippen LogP contribution in [0.1, 0.15) is 55.7 Å². The minimum Gasteiger partial charge on any atom is -0.481 e. The SMILES string of the molecule is CC(C)c1cc(F)cc(C2C[C@H]2C)c1CC(=O)O. The molecule has 98 valence electrons. The number of rotatable bonds is 4. The molecule has 0 bridgehead atoms. The number of hydrogen-bond acceptors (Lipinski definition) is 1. The summed E-state index contributed by atoms with van der Waals surface area (Å²) in [5.41, 5.74) is 2.58. The normalized spacial score (nSPS) is 22.3. The van der Waals surface area contributed by atoms with Crippen LogP contribution < -0.4 is 0 Å². The second-order valence-corrected chi connectivity index (χ2v) is 5.61. The first-order chi connectivity index (χ1) is 8.40. The second kappa shape index (κ2) is 4.71. The van der Waals surface area contributed by atoms with Crippen LogP contribution in [0.2, 0.25) is 0 Å². The highest BCUT2D eigenvalue weighted by molar-refractivity contribution is 5.72. The number of halogens is 1. The van der Waals surface area contributed by atoms with Gasteiger partial charge in [-0.15, -0.1) is 0 Å². The Morgan fingerprint density at radius 2 is 2.11 bits per heavy atom. The van der Waals surface area contributed by atoms with Gasteiger partial charge in [0.25, 0.3) is 0 Å². The lowest BCUT2D eigenvalue weighted by Crippen LogP contribution is -2.09. The minimum atomic E-state index is -0.849. The molecule has 1 aliphatic rings. The van der Waals surface area contributed by atoms with Crippen molar-refractivity contribution in [2.24, 2.45) is 5.92 Å². The number of carboxylic acid groups (broad SMARTS) is 1. The standard InChI is InChI=1S/C15H19FO2/c1-8(2)11-5-10(16)6-13(12-4-9(12)3)14(11)7-15(17)18/h5-6,8-9,12H,4,7H2,1-3H3,(H,17,18)/t9-,12?/m1/s1. The monoisotopic (exact) mass is 250 g/mol. The summed E-state index contributed by atoms with van der Waals surface area (Å²) in [5, 5.41) is 9.04. The zero-order valence-electron chi connectivity index (χ0n) is 11.0. The Bertz CT molecular complexity index is 480. The number of aliphatic carboxylic acids is 1. The van der Waals surface area contributed by atoms with Crippen molar-refractivity contribution in [1.82, 2.24) is 0 Å². The molecule has 18 heavy (non-hydrogen) atoms. The van der Waals surface area contributed by atoms with E-state index in [9.17, 15) is 9.18 Å². The predicted octanol–water partition coefficient (Wildman–Crippen LogP) is 3.70. The van der Waals surface area contributed by atoms with Crippen LogP contribution in [-0.2, 0) is 11.2 Å². The van der Waals surface area contributed by atoms with Crippen LogP contribution in [0.25, 0.3) is 0 Å². The molecule has 1 aromatic carbocycles.